The summed E-state index contributed by atoms with van der Waals surface area (Å²) in [5.41, 5.74) is 1.57. The minimum absolute atomic E-state index is 0.0463. The fourth-order valence-electron chi connectivity index (χ4n) is 4.27. The van der Waals surface area contributed by atoms with Gasteiger partial charge in [-0.05, 0) is 31.4 Å². The van der Waals surface area contributed by atoms with Gasteiger partial charge in [-0.25, -0.2) is 4.79 Å². The number of nitrogens with zero attached hydrogens (tertiary/aromatic N) is 2. The molecule has 1 aromatic carbocycles. The average Bonchev–Trinajstić information content (AvgIpc) is 3.23. The van der Waals surface area contributed by atoms with E-state index in [4.69, 9.17) is 9.47 Å². The number of fused-ring (bicyclic) bond motifs is 1. The Morgan fingerprint density at radius 2 is 1.78 bits per heavy atom. The maximum atomic E-state index is 12.8. The van der Waals surface area contributed by atoms with Crippen LogP contribution in [-0.2, 0) is 27.4 Å². The van der Waals surface area contributed by atoms with E-state index in [0.717, 1.165) is 43.1 Å². The van der Waals surface area contributed by atoms with E-state index >= 15 is 0 Å². The van der Waals surface area contributed by atoms with Crippen LogP contribution < -0.4 is 11.0 Å². The normalized spacial score (nSPS) is 19.7. The van der Waals surface area contributed by atoms with E-state index in [9.17, 15) is 9.59 Å². The molecule has 7 heteroatoms. The number of amides is 1. The van der Waals surface area contributed by atoms with Gasteiger partial charge >= 0.3 is 5.69 Å². The Balaban J connectivity index is 1.44. The number of hydrogen-bond acceptors (Lipinski definition) is 4. The van der Waals surface area contributed by atoms with Gasteiger partial charge in [-0.3, -0.25) is 13.9 Å². The predicted octanol–water partition coefficient (Wildman–Crippen LogP) is 2.01. The van der Waals surface area contributed by atoms with Crippen LogP contribution in [0.15, 0.2) is 29.1 Å². The highest BCUT2D eigenvalue weighted by molar-refractivity contribution is 5.81. The molecule has 1 saturated heterocycles. The number of nitrogens with one attached hydrogen (secondary N) is 1. The first-order chi connectivity index (χ1) is 13.1. The monoisotopic (exact) mass is 373 g/mol. The van der Waals surface area contributed by atoms with Crippen LogP contribution in [0, 0.1) is 0 Å². The number of carbonyl (C=O) groups is 1. The van der Waals surface area contributed by atoms with Crippen LogP contribution in [0.2, 0.25) is 0 Å². The van der Waals surface area contributed by atoms with Gasteiger partial charge < -0.3 is 14.8 Å². The quantitative estimate of drug-likeness (QED) is 0.870. The Morgan fingerprint density at radius 3 is 2.41 bits per heavy atom. The fraction of sp³-hybridized carbons (Fsp3) is 0.600. The molecule has 1 N–H and O–H groups in total. The zero-order valence-electron chi connectivity index (χ0n) is 15.8. The van der Waals surface area contributed by atoms with Crippen LogP contribution in [0.25, 0.3) is 11.0 Å². The zero-order chi connectivity index (χ0) is 18.9. The van der Waals surface area contributed by atoms with Crippen LogP contribution in [0.4, 0.5) is 0 Å². The molecule has 0 atom stereocenters. The minimum Gasteiger partial charge on any atom is -0.352 e. The first-order valence-corrected chi connectivity index (χ1v) is 9.87. The average molecular weight is 373 g/mol. The number of imidazole rings is 1. The van der Waals surface area contributed by atoms with Crippen molar-refractivity contribution >= 4 is 16.9 Å². The molecule has 1 aliphatic carbocycles. The summed E-state index contributed by atoms with van der Waals surface area (Å²) >= 11 is 0. The second-order valence-electron chi connectivity index (χ2n) is 7.46. The lowest BCUT2D eigenvalue weighted by Gasteiger charge is -2.35. The van der Waals surface area contributed by atoms with E-state index in [0.29, 0.717) is 19.8 Å². The fourth-order valence-corrected chi connectivity index (χ4v) is 4.27. The summed E-state index contributed by atoms with van der Waals surface area (Å²) in [7, 11) is 0. The van der Waals surface area contributed by atoms with Gasteiger partial charge in [0.15, 0.2) is 5.79 Å². The second kappa shape index (κ2) is 7.48. The van der Waals surface area contributed by atoms with Crippen molar-refractivity contribution in [2.24, 2.45) is 0 Å². The van der Waals surface area contributed by atoms with Crippen molar-refractivity contribution in [2.75, 3.05) is 13.2 Å². The van der Waals surface area contributed by atoms with E-state index in [1.54, 1.807) is 9.13 Å². The van der Waals surface area contributed by atoms with Crippen molar-refractivity contribution in [3.05, 3.63) is 34.7 Å². The highest BCUT2D eigenvalue weighted by Gasteiger charge is 2.40. The van der Waals surface area contributed by atoms with Crippen molar-refractivity contribution in [1.82, 2.24) is 14.5 Å². The van der Waals surface area contributed by atoms with E-state index in [1.165, 1.54) is 0 Å². The largest absolute Gasteiger partial charge is 0.352 e. The highest BCUT2D eigenvalue weighted by atomic mass is 16.7. The lowest BCUT2D eigenvalue weighted by molar-refractivity contribution is -0.180. The van der Waals surface area contributed by atoms with Gasteiger partial charge in [-0.1, -0.05) is 19.1 Å². The Hall–Kier alpha value is -2.12. The molecule has 27 heavy (non-hydrogen) atoms. The molecule has 0 unspecified atom stereocenters. The molecule has 2 aromatic rings. The molecular weight excluding hydrogens is 346 g/mol. The molecule has 0 radical (unpaired) electrons. The number of aromatic nitrogens is 2. The van der Waals surface area contributed by atoms with Crippen molar-refractivity contribution in [2.45, 2.75) is 63.9 Å². The molecule has 4 rings (SSSR count). The Labute approximate surface area is 158 Å². The lowest BCUT2D eigenvalue weighted by Crippen LogP contribution is -2.45. The van der Waals surface area contributed by atoms with Crippen molar-refractivity contribution in [3.63, 3.8) is 0 Å². The molecule has 1 aromatic heterocycles. The summed E-state index contributed by atoms with van der Waals surface area (Å²) in [4.78, 5) is 25.4. The molecule has 2 heterocycles. The standard InChI is InChI=1S/C20H27N3O4/c1-2-11-22-16-5-3-4-6-17(16)23(19(22)25)14-18(24)21-15-7-9-20(10-8-15)26-12-13-27-20/h3-6,15H,2,7-14H2,1H3,(H,21,24). The molecule has 1 spiro atoms. The smallest absolute Gasteiger partial charge is 0.329 e. The van der Waals surface area contributed by atoms with Gasteiger partial charge in [0.1, 0.15) is 6.54 Å². The van der Waals surface area contributed by atoms with Crippen LogP contribution in [0.5, 0.6) is 0 Å². The lowest BCUT2D eigenvalue weighted by atomic mass is 9.90. The van der Waals surface area contributed by atoms with Gasteiger partial charge in [0.05, 0.1) is 24.2 Å². The number of hydrogen-bond donors (Lipinski definition) is 1. The number of benzene rings is 1. The van der Waals surface area contributed by atoms with Crippen LogP contribution in [0.3, 0.4) is 0 Å². The third-order valence-corrected chi connectivity index (χ3v) is 5.60. The van der Waals surface area contributed by atoms with Crippen molar-refractivity contribution in [1.29, 1.82) is 0 Å². The van der Waals surface area contributed by atoms with Gasteiger partial charge in [0, 0.05) is 25.4 Å². The Bertz CT molecular complexity index is 869. The molecule has 1 saturated carbocycles. The van der Waals surface area contributed by atoms with E-state index in [2.05, 4.69) is 5.32 Å². The van der Waals surface area contributed by atoms with E-state index < -0.39 is 5.79 Å². The van der Waals surface area contributed by atoms with Crippen LogP contribution >= 0.6 is 0 Å². The Morgan fingerprint density at radius 1 is 1.15 bits per heavy atom. The third kappa shape index (κ3) is 3.53. The van der Waals surface area contributed by atoms with E-state index in [-0.39, 0.29) is 24.2 Å². The highest BCUT2D eigenvalue weighted by Crippen LogP contribution is 2.35. The molecule has 0 bridgehead atoms. The summed E-state index contributed by atoms with van der Waals surface area (Å²) in [5, 5.41) is 3.09. The van der Waals surface area contributed by atoms with Crippen LogP contribution in [-0.4, -0.2) is 40.1 Å². The molecule has 7 nitrogen and oxygen atoms in total. The maximum absolute atomic E-state index is 12.8. The molecule has 1 aliphatic heterocycles. The number of carbonyl (C=O) groups excluding carboxylic acids is 1. The molecule has 2 aliphatic rings. The summed E-state index contributed by atoms with van der Waals surface area (Å²) < 4.78 is 14.8. The summed E-state index contributed by atoms with van der Waals surface area (Å²) in [6, 6.07) is 7.76. The maximum Gasteiger partial charge on any atom is 0.329 e. The first kappa shape index (κ1) is 18.3. The van der Waals surface area contributed by atoms with Crippen molar-refractivity contribution < 1.29 is 14.3 Å². The summed E-state index contributed by atoms with van der Waals surface area (Å²) in [5.74, 6) is -0.545. The number of rotatable bonds is 5. The van der Waals surface area contributed by atoms with Crippen LogP contribution in [0.1, 0.15) is 39.0 Å². The van der Waals surface area contributed by atoms with Gasteiger partial charge in [0.2, 0.25) is 5.91 Å². The Kier molecular flexibility index (Phi) is 5.06. The third-order valence-electron chi connectivity index (χ3n) is 5.60. The van der Waals surface area contributed by atoms with Crippen molar-refractivity contribution in [3.8, 4) is 0 Å². The van der Waals surface area contributed by atoms with E-state index in [1.807, 2.05) is 31.2 Å². The summed E-state index contributed by atoms with van der Waals surface area (Å²) in [6.07, 6.45) is 4.13. The second-order valence-corrected chi connectivity index (χ2v) is 7.46. The molecular formula is C20H27N3O4. The SMILES string of the molecule is CCCn1c(=O)n(CC(=O)NC2CCC3(CC2)OCCO3)c2ccccc21. The molecule has 1 amide bonds. The number of aryl methyl sites for hydroxylation is 1. The van der Waals surface area contributed by atoms with Gasteiger partial charge in [-0.15, -0.1) is 0 Å². The minimum atomic E-state index is -0.425. The first-order valence-electron chi connectivity index (χ1n) is 9.87. The van der Waals surface area contributed by atoms with Gasteiger partial charge in [-0.2, -0.15) is 0 Å². The number of ether oxygens (including phenoxy) is 2. The molecule has 2 fully saturated rings. The molecule has 146 valence electrons. The van der Waals surface area contributed by atoms with Gasteiger partial charge in [0.25, 0.3) is 0 Å². The summed E-state index contributed by atoms with van der Waals surface area (Å²) in [6.45, 7) is 4.05. The zero-order valence-corrected chi connectivity index (χ0v) is 15.8. The topological polar surface area (TPSA) is 74.5 Å². The predicted molar refractivity (Wildman–Crippen MR) is 102 cm³/mol. The number of para-hydroxylation sites is 2.